The zero-order chi connectivity index (χ0) is 9.14. The van der Waals surface area contributed by atoms with Gasteiger partial charge in [0.15, 0.2) is 0 Å². The fourth-order valence-corrected chi connectivity index (χ4v) is 1.36. The summed E-state index contributed by atoms with van der Waals surface area (Å²) in [5.74, 6) is 0. The Morgan fingerprint density at radius 1 is 1.50 bits per heavy atom. The first-order valence-corrected chi connectivity index (χ1v) is 4.42. The van der Waals surface area contributed by atoms with Crippen LogP contribution < -0.4 is 5.73 Å². The maximum absolute atomic E-state index is 5.73. The smallest absolute Gasteiger partial charge is 0.0166 e. The Balaban J connectivity index is 2.72. The number of nitrogens with two attached hydrogens (primary N) is 1. The van der Waals surface area contributed by atoms with Crippen molar-refractivity contribution in [3.63, 3.8) is 0 Å². The van der Waals surface area contributed by atoms with E-state index >= 15 is 0 Å². The second-order valence-corrected chi connectivity index (χ2v) is 3.55. The van der Waals surface area contributed by atoms with Crippen LogP contribution in [-0.4, -0.2) is 25.0 Å². The average molecular weight is 166 g/mol. The quantitative estimate of drug-likeness (QED) is 0.639. The molecule has 0 saturated carbocycles. The predicted octanol–water partition coefficient (Wildman–Crippen LogP) is 1.50. The summed E-state index contributed by atoms with van der Waals surface area (Å²) in [4.78, 5) is 2.31. The van der Waals surface area contributed by atoms with Gasteiger partial charge in [-0.2, -0.15) is 0 Å². The average Bonchev–Trinajstić information content (AvgIpc) is 2.04. The Kier molecular flexibility index (Phi) is 2.93. The van der Waals surface area contributed by atoms with E-state index in [1.165, 1.54) is 11.1 Å². The lowest BCUT2D eigenvalue weighted by molar-refractivity contribution is 0.360. The highest BCUT2D eigenvalue weighted by molar-refractivity contribution is 5.33. The first-order chi connectivity index (χ1) is 5.61. The SMILES string of the molecule is C/C(N)=C(\C)C1=CCN(C)CC1. The van der Waals surface area contributed by atoms with E-state index in [0.29, 0.717) is 0 Å². The van der Waals surface area contributed by atoms with Crippen molar-refractivity contribution >= 4 is 0 Å². The van der Waals surface area contributed by atoms with Crippen molar-refractivity contribution in [1.29, 1.82) is 0 Å². The lowest BCUT2D eigenvalue weighted by atomic mass is 10.00. The van der Waals surface area contributed by atoms with Crippen LogP contribution in [0.3, 0.4) is 0 Å². The summed E-state index contributed by atoms with van der Waals surface area (Å²) in [6, 6.07) is 0. The van der Waals surface area contributed by atoms with Gasteiger partial charge in [-0.3, -0.25) is 0 Å². The van der Waals surface area contributed by atoms with Crippen LogP contribution in [0.4, 0.5) is 0 Å². The Labute approximate surface area is 74.7 Å². The minimum Gasteiger partial charge on any atom is -0.402 e. The topological polar surface area (TPSA) is 29.3 Å². The standard InChI is InChI=1S/C10H18N2/c1-8(9(2)11)10-4-6-12(3)7-5-10/h4H,5-7,11H2,1-3H3/b9-8-. The largest absolute Gasteiger partial charge is 0.402 e. The molecule has 0 aromatic rings. The summed E-state index contributed by atoms with van der Waals surface area (Å²) >= 11 is 0. The fraction of sp³-hybridized carbons (Fsp3) is 0.600. The van der Waals surface area contributed by atoms with Crippen LogP contribution in [0.2, 0.25) is 0 Å². The van der Waals surface area contributed by atoms with Gasteiger partial charge < -0.3 is 10.6 Å². The Morgan fingerprint density at radius 3 is 2.58 bits per heavy atom. The molecule has 0 saturated heterocycles. The second-order valence-electron chi connectivity index (χ2n) is 3.55. The zero-order valence-electron chi connectivity index (χ0n) is 8.22. The molecule has 12 heavy (non-hydrogen) atoms. The number of likely N-dealkylation sites (N-methyl/N-ethyl adjacent to an activating group) is 1. The van der Waals surface area contributed by atoms with E-state index in [0.717, 1.165) is 25.2 Å². The minimum atomic E-state index is 0.950. The van der Waals surface area contributed by atoms with Crippen LogP contribution in [0.25, 0.3) is 0 Å². The van der Waals surface area contributed by atoms with Crippen molar-refractivity contribution in [1.82, 2.24) is 4.90 Å². The highest BCUT2D eigenvalue weighted by Crippen LogP contribution is 2.18. The Bertz CT molecular complexity index is 222. The summed E-state index contributed by atoms with van der Waals surface area (Å²) in [5, 5.41) is 0. The molecule has 68 valence electrons. The van der Waals surface area contributed by atoms with E-state index in [9.17, 15) is 0 Å². The number of allylic oxidation sites excluding steroid dienone is 2. The van der Waals surface area contributed by atoms with Gasteiger partial charge in [0.05, 0.1) is 0 Å². The molecule has 0 radical (unpaired) electrons. The molecule has 1 aliphatic rings. The number of hydrogen-bond donors (Lipinski definition) is 1. The molecule has 0 atom stereocenters. The molecule has 1 rings (SSSR count). The fourth-order valence-electron chi connectivity index (χ4n) is 1.36. The van der Waals surface area contributed by atoms with Gasteiger partial charge in [0.2, 0.25) is 0 Å². The van der Waals surface area contributed by atoms with E-state index in [-0.39, 0.29) is 0 Å². The van der Waals surface area contributed by atoms with Gasteiger partial charge in [-0.15, -0.1) is 0 Å². The molecule has 2 N–H and O–H groups in total. The summed E-state index contributed by atoms with van der Waals surface area (Å²) in [5.41, 5.74) is 9.37. The third kappa shape index (κ3) is 2.11. The lowest BCUT2D eigenvalue weighted by Gasteiger charge is -2.22. The van der Waals surface area contributed by atoms with E-state index in [1.807, 2.05) is 6.92 Å². The van der Waals surface area contributed by atoms with E-state index in [4.69, 9.17) is 5.73 Å². The summed E-state index contributed by atoms with van der Waals surface area (Å²) in [6.45, 7) is 6.28. The summed E-state index contributed by atoms with van der Waals surface area (Å²) in [6.07, 6.45) is 3.41. The van der Waals surface area contributed by atoms with Crippen molar-refractivity contribution in [3.8, 4) is 0 Å². The molecule has 1 heterocycles. The molecule has 0 spiro atoms. The molecule has 2 heteroatoms. The maximum atomic E-state index is 5.73. The van der Waals surface area contributed by atoms with Crippen molar-refractivity contribution in [3.05, 3.63) is 22.9 Å². The van der Waals surface area contributed by atoms with Crippen molar-refractivity contribution < 1.29 is 0 Å². The Morgan fingerprint density at radius 2 is 2.17 bits per heavy atom. The Hall–Kier alpha value is -0.760. The first-order valence-electron chi connectivity index (χ1n) is 4.42. The molecule has 2 nitrogen and oxygen atoms in total. The van der Waals surface area contributed by atoms with Crippen LogP contribution in [0, 0.1) is 0 Å². The molecule has 0 aromatic heterocycles. The molecule has 0 fully saturated rings. The van der Waals surface area contributed by atoms with Crippen molar-refractivity contribution in [2.45, 2.75) is 20.3 Å². The molecular weight excluding hydrogens is 148 g/mol. The van der Waals surface area contributed by atoms with Crippen molar-refractivity contribution in [2.24, 2.45) is 5.73 Å². The van der Waals surface area contributed by atoms with Gasteiger partial charge in [-0.25, -0.2) is 0 Å². The van der Waals surface area contributed by atoms with Gasteiger partial charge in [-0.05, 0) is 38.5 Å². The third-order valence-corrected chi connectivity index (χ3v) is 2.49. The van der Waals surface area contributed by atoms with Crippen LogP contribution in [0.15, 0.2) is 22.9 Å². The normalized spacial score (nSPS) is 21.8. The highest BCUT2D eigenvalue weighted by atomic mass is 15.1. The summed E-state index contributed by atoms with van der Waals surface area (Å²) in [7, 11) is 2.14. The molecule has 0 aliphatic carbocycles. The van der Waals surface area contributed by atoms with Crippen LogP contribution in [-0.2, 0) is 0 Å². The number of rotatable bonds is 1. The maximum Gasteiger partial charge on any atom is 0.0166 e. The van der Waals surface area contributed by atoms with Gasteiger partial charge >= 0.3 is 0 Å². The zero-order valence-corrected chi connectivity index (χ0v) is 8.22. The lowest BCUT2D eigenvalue weighted by Crippen LogP contribution is -2.24. The highest BCUT2D eigenvalue weighted by Gasteiger charge is 2.09. The van der Waals surface area contributed by atoms with Crippen molar-refractivity contribution in [2.75, 3.05) is 20.1 Å². The van der Waals surface area contributed by atoms with Crippen LogP contribution in [0.5, 0.6) is 0 Å². The molecule has 0 unspecified atom stereocenters. The monoisotopic (exact) mass is 166 g/mol. The third-order valence-electron chi connectivity index (χ3n) is 2.49. The molecular formula is C10H18N2. The molecule has 0 amide bonds. The molecule has 0 aromatic carbocycles. The number of hydrogen-bond acceptors (Lipinski definition) is 2. The van der Waals surface area contributed by atoms with Gasteiger partial charge in [-0.1, -0.05) is 6.08 Å². The van der Waals surface area contributed by atoms with E-state index in [2.05, 4.69) is 24.9 Å². The van der Waals surface area contributed by atoms with Crippen LogP contribution >= 0.6 is 0 Å². The molecule has 1 aliphatic heterocycles. The first kappa shape index (κ1) is 9.33. The second kappa shape index (κ2) is 3.76. The van der Waals surface area contributed by atoms with Crippen LogP contribution in [0.1, 0.15) is 20.3 Å². The minimum absolute atomic E-state index is 0.950. The number of nitrogens with zero attached hydrogens (tertiary/aromatic N) is 1. The van der Waals surface area contributed by atoms with E-state index in [1.54, 1.807) is 0 Å². The molecule has 0 bridgehead atoms. The van der Waals surface area contributed by atoms with Gasteiger partial charge in [0.1, 0.15) is 0 Å². The van der Waals surface area contributed by atoms with E-state index < -0.39 is 0 Å². The summed E-state index contributed by atoms with van der Waals surface area (Å²) < 4.78 is 0. The van der Waals surface area contributed by atoms with Gasteiger partial charge in [0, 0.05) is 18.8 Å². The predicted molar refractivity (Wildman–Crippen MR) is 52.8 cm³/mol. The van der Waals surface area contributed by atoms with Gasteiger partial charge in [0.25, 0.3) is 0 Å².